The lowest BCUT2D eigenvalue weighted by molar-refractivity contribution is -0.138. The number of thioether (sulfide) groups is 1. The molecule has 0 aliphatic heterocycles. The molecule has 2 N–H and O–H groups in total. The van der Waals surface area contributed by atoms with Crippen molar-refractivity contribution in [2.75, 3.05) is 11.5 Å². The van der Waals surface area contributed by atoms with Crippen molar-refractivity contribution in [2.45, 2.75) is 32.8 Å². The van der Waals surface area contributed by atoms with Crippen LogP contribution in [0.25, 0.3) is 0 Å². The van der Waals surface area contributed by atoms with Gasteiger partial charge in [-0.1, -0.05) is 13.8 Å². The third-order valence-corrected chi connectivity index (χ3v) is 2.85. The number of hydrogen-bond acceptors (Lipinski definition) is 3. The third kappa shape index (κ3) is 6.90. The molecule has 0 aromatic carbocycles. The number of hydrogen-bond donors (Lipinski definition) is 2. The largest absolute Gasteiger partial charge is 0.481 e. The van der Waals surface area contributed by atoms with Gasteiger partial charge in [-0.15, -0.1) is 0 Å². The predicted octanol–water partition coefficient (Wildman–Crippen LogP) is 1.60. The van der Waals surface area contributed by atoms with Gasteiger partial charge in [0.25, 0.3) is 0 Å². The first-order valence-electron chi connectivity index (χ1n) is 4.55. The zero-order valence-corrected chi connectivity index (χ0v) is 9.01. The highest BCUT2D eigenvalue weighted by Crippen LogP contribution is 2.14. The third-order valence-electron chi connectivity index (χ3n) is 1.92. The lowest BCUT2D eigenvalue weighted by atomic mass is 9.99. The molecule has 0 radical (unpaired) electrons. The molecule has 0 saturated carbocycles. The Kier molecular flexibility index (Phi) is 7.09. The maximum Gasteiger partial charge on any atom is 0.303 e. The molecular weight excluding hydrogens is 188 g/mol. The molecule has 0 aromatic rings. The molecule has 4 heteroatoms. The van der Waals surface area contributed by atoms with Crippen LogP contribution in [0.1, 0.15) is 26.7 Å². The first-order valence-corrected chi connectivity index (χ1v) is 5.71. The summed E-state index contributed by atoms with van der Waals surface area (Å²) in [6.07, 6.45) is 0.264. The van der Waals surface area contributed by atoms with E-state index < -0.39 is 12.1 Å². The second kappa shape index (κ2) is 7.21. The minimum Gasteiger partial charge on any atom is -0.481 e. The normalized spacial score (nSPS) is 15.3. The van der Waals surface area contributed by atoms with E-state index in [0.29, 0.717) is 6.42 Å². The van der Waals surface area contributed by atoms with E-state index in [1.54, 1.807) is 18.7 Å². The maximum absolute atomic E-state index is 10.3. The Bertz CT molecular complexity index is 150. The number of carboxylic acid groups (broad SMARTS) is 1. The highest BCUT2D eigenvalue weighted by atomic mass is 32.2. The zero-order valence-electron chi connectivity index (χ0n) is 8.19. The Morgan fingerprint density at radius 2 is 2.15 bits per heavy atom. The topological polar surface area (TPSA) is 57.5 Å². The fourth-order valence-electron chi connectivity index (χ4n) is 1.04. The van der Waals surface area contributed by atoms with Crippen molar-refractivity contribution < 1.29 is 15.0 Å². The fourth-order valence-corrected chi connectivity index (χ4v) is 1.74. The van der Waals surface area contributed by atoms with Crippen molar-refractivity contribution in [2.24, 2.45) is 5.92 Å². The van der Waals surface area contributed by atoms with E-state index in [0.717, 1.165) is 11.5 Å². The standard InChI is InChI=1S/C9H18O3S/c1-3-13-5-4-8(10)7(2)6-9(11)12/h7-8,10H,3-6H2,1-2H3,(H,11,12). The van der Waals surface area contributed by atoms with E-state index in [-0.39, 0.29) is 12.3 Å². The molecule has 0 spiro atoms. The summed E-state index contributed by atoms with van der Waals surface area (Å²) in [5.74, 6) is 0.964. The smallest absolute Gasteiger partial charge is 0.303 e. The van der Waals surface area contributed by atoms with Gasteiger partial charge >= 0.3 is 5.97 Å². The number of carbonyl (C=O) groups is 1. The molecule has 13 heavy (non-hydrogen) atoms. The number of carboxylic acids is 1. The van der Waals surface area contributed by atoms with Crippen molar-refractivity contribution in [1.29, 1.82) is 0 Å². The summed E-state index contributed by atoms with van der Waals surface area (Å²) in [4.78, 5) is 10.3. The average molecular weight is 206 g/mol. The van der Waals surface area contributed by atoms with Crippen LogP contribution < -0.4 is 0 Å². The molecule has 78 valence electrons. The van der Waals surface area contributed by atoms with E-state index in [1.165, 1.54) is 0 Å². The average Bonchev–Trinajstić information content (AvgIpc) is 2.03. The van der Waals surface area contributed by atoms with Gasteiger partial charge in [-0.2, -0.15) is 11.8 Å². The summed E-state index contributed by atoms with van der Waals surface area (Å²) in [6, 6.07) is 0. The molecule has 0 rings (SSSR count). The van der Waals surface area contributed by atoms with Crippen LogP contribution in [0, 0.1) is 5.92 Å². The van der Waals surface area contributed by atoms with Crippen LogP contribution >= 0.6 is 11.8 Å². The van der Waals surface area contributed by atoms with E-state index >= 15 is 0 Å². The van der Waals surface area contributed by atoms with Crippen LogP contribution in [-0.4, -0.2) is 33.8 Å². The lowest BCUT2D eigenvalue weighted by Gasteiger charge is -2.16. The second-order valence-corrected chi connectivity index (χ2v) is 4.52. The molecule has 0 saturated heterocycles. The summed E-state index contributed by atoms with van der Waals surface area (Å²) in [7, 11) is 0. The molecule has 0 bridgehead atoms. The Hall–Kier alpha value is -0.220. The molecule has 2 unspecified atom stereocenters. The second-order valence-electron chi connectivity index (χ2n) is 3.13. The van der Waals surface area contributed by atoms with Crippen molar-refractivity contribution in [3.8, 4) is 0 Å². The van der Waals surface area contributed by atoms with Crippen LogP contribution in [-0.2, 0) is 4.79 Å². The van der Waals surface area contributed by atoms with E-state index in [2.05, 4.69) is 6.92 Å². The molecule has 0 heterocycles. The van der Waals surface area contributed by atoms with E-state index in [4.69, 9.17) is 5.11 Å². The SMILES string of the molecule is CCSCCC(O)C(C)CC(=O)O. The van der Waals surface area contributed by atoms with Crippen LogP contribution in [0.3, 0.4) is 0 Å². The fraction of sp³-hybridized carbons (Fsp3) is 0.889. The number of aliphatic hydroxyl groups excluding tert-OH is 1. The van der Waals surface area contributed by atoms with Crippen molar-refractivity contribution in [3.63, 3.8) is 0 Å². The molecule has 0 aliphatic rings. The van der Waals surface area contributed by atoms with Crippen LogP contribution in [0.15, 0.2) is 0 Å². The van der Waals surface area contributed by atoms with Gasteiger partial charge in [0.05, 0.1) is 12.5 Å². The number of rotatable bonds is 7. The lowest BCUT2D eigenvalue weighted by Crippen LogP contribution is -2.21. The molecule has 0 fully saturated rings. The first-order chi connectivity index (χ1) is 6.07. The highest BCUT2D eigenvalue weighted by Gasteiger charge is 2.16. The van der Waals surface area contributed by atoms with Crippen molar-refractivity contribution in [1.82, 2.24) is 0 Å². The summed E-state index contributed by atoms with van der Waals surface area (Å²) < 4.78 is 0. The summed E-state index contributed by atoms with van der Waals surface area (Å²) in [5, 5.41) is 18.0. The van der Waals surface area contributed by atoms with Crippen molar-refractivity contribution in [3.05, 3.63) is 0 Å². The predicted molar refractivity (Wildman–Crippen MR) is 55.0 cm³/mol. The number of aliphatic carboxylic acids is 1. The molecule has 0 aliphatic carbocycles. The van der Waals surface area contributed by atoms with Gasteiger partial charge in [-0.25, -0.2) is 0 Å². The van der Waals surface area contributed by atoms with Crippen LogP contribution in [0.5, 0.6) is 0 Å². The Morgan fingerprint density at radius 1 is 1.54 bits per heavy atom. The van der Waals surface area contributed by atoms with Gasteiger partial charge in [0.1, 0.15) is 0 Å². The van der Waals surface area contributed by atoms with Gasteiger partial charge in [-0.3, -0.25) is 4.79 Å². The van der Waals surface area contributed by atoms with Crippen molar-refractivity contribution >= 4 is 17.7 Å². The van der Waals surface area contributed by atoms with Gasteiger partial charge < -0.3 is 10.2 Å². The quantitative estimate of drug-likeness (QED) is 0.621. The molecule has 2 atom stereocenters. The minimum atomic E-state index is -0.838. The van der Waals surface area contributed by atoms with Gasteiger partial charge in [0.2, 0.25) is 0 Å². The zero-order chi connectivity index (χ0) is 10.3. The highest BCUT2D eigenvalue weighted by molar-refractivity contribution is 7.99. The Labute approximate surface area is 83.5 Å². The summed E-state index contributed by atoms with van der Waals surface area (Å²) >= 11 is 1.77. The molecule has 0 amide bonds. The van der Waals surface area contributed by atoms with E-state index in [1.807, 2.05) is 0 Å². The monoisotopic (exact) mass is 206 g/mol. The van der Waals surface area contributed by atoms with Crippen LogP contribution in [0.4, 0.5) is 0 Å². The van der Waals surface area contributed by atoms with Gasteiger partial charge in [0.15, 0.2) is 0 Å². The molecular formula is C9H18O3S. The van der Waals surface area contributed by atoms with Gasteiger partial charge in [-0.05, 0) is 23.8 Å². The van der Waals surface area contributed by atoms with E-state index in [9.17, 15) is 9.90 Å². The van der Waals surface area contributed by atoms with Crippen LogP contribution in [0.2, 0.25) is 0 Å². The van der Waals surface area contributed by atoms with Gasteiger partial charge in [0, 0.05) is 0 Å². The molecule has 0 aromatic heterocycles. The Balaban J connectivity index is 3.56. The Morgan fingerprint density at radius 3 is 2.62 bits per heavy atom. The maximum atomic E-state index is 10.3. The first kappa shape index (κ1) is 12.8. The minimum absolute atomic E-state index is 0.0535. The molecule has 3 nitrogen and oxygen atoms in total. The number of aliphatic hydroxyl groups is 1. The summed E-state index contributed by atoms with van der Waals surface area (Å²) in [6.45, 7) is 3.84. The summed E-state index contributed by atoms with van der Waals surface area (Å²) in [5.41, 5.74) is 0.